The predicted molar refractivity (Wildman–Crippen MR) is 86.6 cm³/mol. The van der Waals surface area contributed by atoms with E-state index in [1.807, 2.05) is 4.90 Å². The van der Waals surface area contributed by atoms with E-state index in [2.05, 4.69) is 26.8 Å². The Morgan fingerprint density at radius 1 is 1.19 bits per heavy atom. The number of amides is 1. The number of nitriles is 1. The Balaban J connectivity index is 2.47. The van der Waals surface area contributed by atoms with Crippen molar-refractivity contribution in [2.45, 2.75) is 72.1 Å². The summed E-state index contributed by atoms with van der Waals surface area (Å²) in [5.41, 5.74) is 0. The molecule has 1 aliphatic carbocycles. The molecule has 0 aliphatic heterocycles. The van der Waals surface area contributed by atoms with Gasteiger partial charge in [0, 0.05) is 19.5 Å². The number of carbonyl (C=O) groups excluding carboxylic acids is 1. The van der Waals surface area contributed by atoms with Gasteiger partial charge in [0.15, 0.2) is 0 Å². The van der Waals surface area contributed by atoms with E-state index in [9.17, 15) is 4.79 Å². The molecule has 1 rings (SSSR count). The summed E-state index contributed by atoms with van der Waals surface area (Å²) in [5.74, 6) is 2.06. The van der Waals surface area contributed by atoms with Crippen LogP contribution in [0, 0.1) is 29.1 Å². The van der Waals surface area contributed by atoms with Gasteiger partial charge >= 0.3 is 0 Å². The lowest BCUT2D eigenvalue weighted by molar-refractivity contribution is -0.132. The Morgan fingerprint density at radius 2 is 1.86 bits per heavy atom. The maximum Gasteiger partial charge on any atom is 0.222 e. The van der Waals surface area contributed by atoms with E-state index in [0.29, 0.717) is 31.2 Å². The van der Waals surface area contributed by atoms with Crippen LogP contribution in [0.2, 0.25) is 0 Å². The topological polar surface area (TPSA) is 44.1 Å². The fourth-order valence-electron chi connectivity index (χ4n) is 3.23. The lowest BCUT2D eigenvalue weighted by Crippen LogP contribution is -2.35. The van der Waals surface area contributed by atoms with Crippen molar-refractivity contribution >= 4 is 5.91 Å². The smallest absolute Gasteiger partial charge is 0.222 e. The molecule has 1 fully saturated rings. The quantitative estimate of drug-likeness (QED) is 0.666. The first-order chi connectivity index (χ1) is 10.0. The zero-order valence-electron chi connectivity index (χ0n) is 14.1. The van der Waals surface area contributed by atoms with Crippen LogP contribution >= 0.6 is 0 Å². The third-order valence-corrected chi connectivity index (χ3v) is 4.77. The van der Waals surface area contributed by atoms with Gasteiger partial charge in [-0.1, -0.05) is 52.9 Å². The zero-order valence-corrected chi connectivity index (χ0v) is 14.1. The van der Waals surface area contributed by atoms with E-state index in [4.69, 9.17) is 5.26 Å². The molecule has 3 nitrogen and oxygen atoms in total. The number of nitrogens with zero attached hydrogens (tertiary/aromatic N) is 2. The summed E-state index contributed by atoms with van der Waals surface area (Å²) in [6, 6.07) is 2.16. The van der Waals surface area contributed by atoms with Crippen LogP contribution < -0.4 is 0 Å². The van der Waals surface area contributed by atoms with Gasteiger partial charge in [-0.25, -0.2) is 0 Å². The Kier molecular flexibility index (Phi) is 8.42. The van der Waals surface area contributed by atoms with Crippen LogP contribution in [0.3, 0.4) is 0 Å². The lowest BCUT2D eigenvalue weighted by Gasteiger charge is -2.30. The molecule has 1 aliphatic rings. The van der Waals surface area contributed by atoms with Crippen molar-refractivity contribution < 1.29 is 4.79 Å². The molecule has 120 valence electrons. The van der Waals surface area contributed by atoms with Crippen molar-refractivity contribution in [2.75, 3.05) is 13.1 Å². The van der Waals surface area contributed by atoms with Crippen LogP contribution in [0.25, 0.3) is 0 Å². The van der Waals surface area contributed by atoms with Crippen molar-refractivity contribution in [3.05, 3.63) is 0 Å². The summed E-state index contributed by atoms with van der Waals surface area (Å²) in [5, 5.41) is 8.77. The maximum atomic E-state index is 12.5. The molecule has 0 bridgehead atoms. The average Bonchev–Trinajstić information content (AvgIpc) is 2.47. The molecule has 0 radical (unpaired) electrons. The molecule has 0 aromatic carbocycles. The van der Waals surface area contributed by atoms with Crippen molar-refractivity contribution in [3.63, 3.8) is 0 Å². The summed E-state index contributed by atoms with van der Waals surface area (Å²) >= 11 is 0. The highest BCUT2D eigenvalue weighted by Gasteiger charge is 2.24. The van der Waals surface area contributed by atoms with E-state index in [-0.39, 0.29) is 5.91 Å². The fraction of sp³-hybridized carbons (Fsp3) is 0.889. The Hall–Kier alpha value is -1.04. The first-order valence-electron chi connectivity index (χ1n) is 8.69. The first-order valence-corrected chi connectivity index (χ1v) is 8.69. The number of rotatable bonds is 8. The van der Waals surface area contributed by atoms with Gasteiger partial charge in [0.1, 0.15) is 0 Å². The average molecular weight is 292 g/mol. The van der Waals surface area contributed by atoms with Gasteiger partial charge in [0.25, 0.3) is 0 Å². The summed E-state index contributed by atoms with van der Waals surface area (Å²) in [4.78, 5) is 14.5. The van der Waals surface area contributed by atoms with E-state index in [1.165, 1.54) is 32.1 Å². The molecular weight excluding hydrogens is 260 g/mol. The molecule has 21 heavy (non-hydrogen) atoms. The highest BCUT2D eigenvalue weighted by molar-refractivity contribution is 5.76. The monoisotopic (exact) mass is 292 g/mol. The summed E-state index contributed by atoms with van der Waals surface area (Å²) < 4.78 is 0. The van der Waals surface area contributed by atoms with Crippen LogP contribution in [0.4, 0.5) is 0 Å². The minimum Gasteiger partial charge on any atom is -0.342 e. The van der Waals surface area contributed by atoms with Crippen molar-refractivity contribution in [2.24, 2.45) is 17.8 Å². The van der Waals surface area contributed by atoms with Gasteiger partial charge in [-0.05, 0) is 24.2 Å². The van der Waals surface area contributed by atoms with Gasteiger partial charge in [-0.2, -0.15) is 5.26 Å². The zero-order chi connectivity index (χ0) is 15.7. The molecule has 3 heteroatoms. The van der Waals surface area contributed by atoms with Gasteiger partial charge < -0.3 is 4.90 Å². The second-order valence-corrected chi connectivity index (χ2v) is 7.05. The predicted octanol–water partition coefficient (Wildman–Crippen LogP) is 4.38. The molecular formula is C18H32N2O. The third-order valence-electron chi connectivity index (χ3n) is 4.77. The van der Waals surface area contributed by atoms with Gasteiger partial charge in [-0.15, -0.1) is 0 Å². The Bertz CT molecular complexity index is 340. The summed E-state index contributed by atoms with van der Waals surface area (Å²) in [7, 11) is 0. The van der Waals surface area contributed by atoms with Gasteiger partial charge in [0.05, 0.1) is 12.5 Å². The van der Waals surface area contributed by atoms with E-state index >= 15 is 0 Å². The van der Waals surface area contributed by atoms with E-state index in [1.54, 1.807) is 0 Å². The van der Waals surface area contributed by atoms with Gasteiger partial charge in [0.2, 0.25) is 5.91 Å². The minimum atomic E-state index is 0.254. The van der Waals surface area contributed by atoms with E-state index < -0.39 is 0 Å². The number of carbonyl (C=O) groups is 1. The van der Waals surface area contributed by atoms with Crippen LogP contribution in [0.15, 0.2) is 0 Å². The summed E-state index contributed by atoms with van der Waals surface area (Å²) in [6.45, 7) is 7.99. The molecule has 0 aromatic rings. The molecule has 1 unspecified atom stereocenters. The largest absolute Gasteiger partial charge is 0.342 e. The molecule has 0 spiro atoms. The Labute approximate surface area is 130 Å². The molecule has 0 saturated heterocycles. The summed E-state index contributed by atoms with van der Waals surface area (Å²) in [6.07, 6.45) is 8.73. The second kappa shape index (κ2) is 9.82. The molecule has 0 aromatic heterocycles. The standard InChI is InChI=1S/C18H32N2O/c1-15(2)10-13-20(12-7-11-19)18(21)14-16(3)17-8-5-4-6-9-17/h15-17H,4-10,12-14H2,1-3H3. The van der Waals surface area contributed by atoms with Crippen LogP contribution in [0.5, 0.6) is 0 Å². The van der Waals surface area contributed by atoms with Crippen LogP contribution in [-0.2, 0) is 4.79 Å². The third kappa shape index (κ3) is 6.98. The van der Waals surface area contributed by atoms with Crippen molar-refractivity contribution in [1.82, 2.24) is 4.90 Å². The molecule has 0 N–H and O–H groups in total. The van der Waals surface area contributed by atoms with Crippen molar-refractivity contribution in [3.8, 4) is 6.07 Å². The molecule has 1 amide bonds. The minimum absolute atomic E-state index is 0.254. The van der Waals surface area contributed by atoms with Gasteiger partial charge in [-0.3, -0.25) is 4.79 Å². The maximum absolute atomic E-state index is 12.5. The fourth-order valence-corrected chi connectivity index (χ4v) is 3.23. The number of hydrogen-bond donors (Lipinski definition) is 0. The molecule has 1 saturated carbocycles. The SMILES string of the molecule is CC(C)CCN(CCC#N)C(=O)CC(C)C1CCCCC1. The first kappa shape index (κ1) is 18.0. The highest BCUT2D eigenvalue weighted by Crippen LogP contribution is 2.31. The van der Waals surface area contributed by atoms with E-state index in [0.717, 1.165) is 18.9 Å². The van der Waals surface area contributed by atoms with Crippen LogP contribution in [-0.4, -0.2) is 23.9 Å². The number of hydrogen-bond acceptors (Lipinski definition) is 2. The lowest BCUT2D eigenvalue weighted by atomic mass is 9.79. The normalized spacial score (nSPS) is 17.5. The Morgan fingerprint density at radius 3 is 2.43 bits per heavy atom. The van der Waals surface area contributed by atoms with Crippen LogP contribution in [0.1, 0.15) is 72.1 Å². The van der Waals surface area contributed by atoms with Crippen molar-refractivity contribution in [1.29, 1.82) is 5.26 Å². The second-order valence-electron chi connectivity index (χ2n) is 7.05. The molecule has 0 heterocycles. The highest BCUT2D eigenvalue weighted by atomic mass is 16.2. The molecule has 1 atom stereocenters.